The molecular formula is C17H20N6O. The second-order valence-electron chi connectivity index (χ2n) is 5.48. The minimum absolute atomic E-state index is 0.0240. The third kappa shape index (κ3) is 3.11. The molecule has 4 N–H and O–H groups in total. The number of hydrogen-bond acceptors (Lipinski definition) is 7. The highest BCUT2D eigenvalue weighted by Gasteiger charge is 2.32. The van der Waals surface area contributed by atoms with Gasteiger partial charge in [0.2, 0.25) is 0 Å². The van der Waals surface area contributed by atoms with Gasteiger partial charge < -0.3 is 10.8 Å². The number of hydrazone groups is 1. The zero-order chi connectivity index (χ0) is 16.9. The average molecular weight is 324 g/mol. The number of nitrogens with two attached hydrogens (primary N) is 1. The molecule has 124 valence electrons. The molecule has 1 aromatic rings. The highest BCUT2D eigenvalue weighted by molar-refractivity contribution is 6.18. The molecule has 3 rings (SSSR count). The number of aromatic nitrogens is 1. The summed E-state index contributed by atoms with van der Waals surface area (Å²) in [5, 5.41) is 13.7. The number of hydrogen-bond donors (Lipinski definition) is 3. The average Bonchev–Trinajstić information content (AvgIpc) is 3.06. The van der Waals surface area contributed by atoms with Crippen LogP contribution in [0.1, 0.15) is 24.6 Å². The van der Waals surface area contributed by atoms with E-state index in [-0.39, 0.29) is 12.5 Å². The molecule has 7 nitrogen and oxygen atoms in total. The van der Waals surface area contributed by atoms with Crippen LogP contribution in [0.4, 0.5) is 0 Å². The number of aliphatic hydroxyl groups excluding tert-OH is 1. The molecule has 1 aromatic heterocycles. The maximum Gasteiger partial charge on any atom is 0.0957 e. The van der Waals surface area contributed by atoms with Crippen LogP contribution in [0.2, 0.25) is 0 Å². The van der Waals surface area contributed by atoms with E-state index in [9.17, 15) is 5.11 Å². The van der Waals surface area contributed by atoms with E-state index in [1.807, 2.05) is 13.0 Å². The Labute approximate surface area is 140 Å². The van der Waals surface area contributed by atoms with E-state index in [0.717, 1.165) is 34.0 Å². The molecule has 0 bridgehead atoms. The normalized spacial score (nSPS) is 20.3. The summed E-state index contributed by atoms with van der Waals surface area (Å²) in [4.78, 5) is 13.1. The topological polar surface area (TPSA) is 108 Å². The molecule has 2 aliphatic rings. The summed E-state index contributed by atoms with van der Waals surface area (Å²) >= 11 is 0. The number of nitrogens with one attached hydrogen (secondary N) is 1. The predicted molar refractivity (Wildman–Crippen MR) is 94.8 cm³/mol. The lowest BCUT2D eigenvalue weighted by Gasteiger charge is -2.19. The van der Waals surface area contributed by atoms with Crippen LogP contribution >= 0.6 is 0 Å². The van der Waals surface area contributed by atoms with Crippen molar-refractivity contribution < 1.29 is 5.11 Å². The van der Waals surface area contributed by atoms with Gasteiger partial charge in [0, 0.05) is 43.4 Å². The van der Waals surface area contributed by atoms with E-state index in [4.69, 9.17) is 5.73 Å². The van der Waals surface area contributed by atoms with Gasteiger partial charge in [-0.05, 0) is 24.6 Å². The third-order valence-corrected chi connectivity index (χ3v) is 3.96. The van der Waals surface area contributed by atoms with E-state index in [1.54, 1.807) is 24.7 Å². The largest absolute Gasteiger partial charge is 0.404 e. The predicted octanol–water partition coefficient (Wildman–Crippen LogP) is 1.12. The monoisotopic (exact) mass is 324 g/mol. The van der Waals surface area contributed by atoms with Crippen molar-refractivity contribution in [3.05, 3.63) is 53.3 Å². The summed E-state index contributed by atoms with van der Waals surface area (Å²) in [7, 11) is 0. The molecule has 0 spiro atoms. The van der Waals surface area contributed by atoms with Gasteiger partial charge in [-0.3, -0.25) is 20.4 Å². The van der Waals surface area contributed by atoms with Gasteiger partial charge in [0.15, 0.2) is 0 Å². The lowest BCUT2D eigenvalue weighted by molar-refractivity contribution is 0.281. The van der Waals surface area contributed by atoms with Crippen LogP contribution in [0.5, 0.6) is 0 Å². The first-order valence-corrected chi connectivity index (χ1v) is 7.85. The second-order valence-corrected chi connectivity index (χ2v) is 5.48. The molecule has 3 heterocycles. The van der Waals surface area contributed by atoms with E-state index in [1.165, 1.54) is 6.20 Å². The Bertz CT molecular complexity index is 775. The molecule has 2 aliphatic heterocycles. The van der Waals surface area contributed by atoms with Crippen molar-refractivity contribution in [1.29, 1.82) is 0 Å². The first kappa shape index (κ1) is 16.1. The van der Waals surface area contributed by atoms with Gasteiger partial charge in [-0.15, -0.1) is 0 Å². The van der Waals surface area contributed by atoms with Gasteiger partial charge in [0.05, 0.1) is 35.3 Å². The van der Waals surface area contributed by atoms with E-state index in [2.05, 4.69) is 25.5 Å². The van der Waals surface area contributed by atoms with Gasteiger partial charge >= 0.3 is 0 Å². The summed E-state index contributed by atoms with van der Waals surface area (Å²) < 4.78 is 0. The smallest absolute Gasteiger partial charge is 0.0957 e. The molecule has 7 heteroatoms. The molecule has 24 heavy (non-hydrogen) atoms. The first-order chi connectivity index (χ1) is 11.8. The van der Waals surface area contributed by atoms with Crippen molar-refractivity contribution in [2.24, 2.45) is 26.7 Å². The number of rotatable bonds is 5. The van der Waals surface area contributed by atoms with Crippen LogP contribution in [-0.2, 0) is 6.61 Å². The molecule has 0 saturated carbocycles. The van der Waals surface area contributed by atoms with Crippen LogP contribution in [-0.4, -0.2) is 34.3 Å². The Morgan fingerprint density at radius 1 is 1.54 bits per heavy atom. The van der Waals surface area contributed by atoms with Gasteiger partial charge in [-0.25, -0.2) is 0 Å². The van der Waals surface area contributed by atoms with Gasteiger partial charge in [0.25, 0.3) is 0 Å². The van der Waals surface area contributed by atoms with Crippen LogP contribution in [0.25, 0.3) is 0 Å². The molecule has 1 unspecified atom stereocenters. The molecule has 1 atom stereocenters. The summed E-state index contributed by atoms with van der Waals surface area (Å²) in [5.41, 5.74) is 13.8. The second kappa shape index (κ2) is 7.18. The van der Waals surface area contributed by atoms with E-state index < -0.39 is 0 Å². The highest BCUT2D eigenvalue weighted by Crippen LogP contribution is 2.29. The van der Waals surface area contributed by atoms with Crippen LogP contribution < -0.4 is 11.2 Å². The van der Waals surface area contributed by atoms with E-state index in [0.29, 0.717) is 13.0 Å². The maximum absolute atomic E-state index is 9.32. The highest BCUT2D eigenvalue weighted by atomic mass is 16.3. The van der Waals surface area contributed by atoms with Crippen molar-refractivity contribution in [3.8, 4) is 0 Å². The molecule has 0 aliphatic carbocycles. The third-order valence-electron chi connectivity index (χ3n) is 3.96. The Hall–Kier alpha value is -2.80. The van der Waals surface area contributed by atoms with Gasteiger partial charge in [-0.2, -0.15) is 5.10 Å². The summed E-state index contributed by atoms with van der Waals surface area (Å²) in [6.07, 6.45) is 7.41. The van der Waals surface area contributed by atoms with Crippen molar-refractivity contribution in [2.45, 2.75) is 20.0 Å². The zero-order valence-corrected chi connectivity index (χ0v) is 13.5. The number of allylic oxidation sites excluding steroid dienone is 2. The maximum atomic E-state index is 9.32. The SMILES string of the molecule is CCN=CC(=CN)C1=NC=C2NN=C(c3cc(CO)ccn3)C2C1. The van der Waals surface area contributed by atoms with Gasteiger partial charge in [0.1, 0.15) is 0 Å². The minimum Gasteiger partial charge on any atom is -0.404 e. The fraction of sp³-hybridized carbons (Fsp3) is 0.294. The molecule has 0 fully saturated rings. The van der Waals surface area contributed by atoms with Crippen molar-refractivity contribution in [1.82, 2.24) is 10.4 Å². The van der Waals surface area contributed by atoms with Crippen LogP contribution in [0.15, 0.2) is 57.1 Å². The minimum atomic E-state index is -0.0240. The Kier molecular flexibility index (Phi) is 4.81. The van der Waals surface area contributed by atoms with Crippen molar-refractivity contribution in [2.75, 3.05) is 6.54 Å². The van der Waals surface area contributed by atoms with E-state index >= 15 is 0 Å². The number of aliphatic hydroxyl groups is 1. The summed E-state index contributed by atoms with van der Waals surface area (Å²) in [5.74, 6) is 0.0453. The lowest BCUT2D eigenvalue weighted by atomic mass is 9.88. The van der Waals surface area contributed by atoms with Crippen LogP contribution in [0.3, 0.4) is 0 Å². The molecule has 0 saturated heterocycles. The standard InChI is InChI=1S/C17H20N6O/c1-2-19-8-12(7-18)14-6-13-16(9-21-14)22-23-17(13)15-5-11(10-24)3-4-20-15/h3-5,7-9,13,22,24H,2,6,10,18H2,1H3. The number of fused-ring (bicyclic) bond motifs is 1. The summed E-state index contributed by atoms with van der Waals surface area (Å²) in [6, 6.07) is 3.64. The fourth-order valence-electron chi connectivity index (χ4n) is 2.69. The Morgan fingerprint density at radius 2 is 2.42 bits per heavy atom. The Balaban J connectivity index is 1.86. The molecular weight excluding hydrogens is 304 g/mol. The van der Waals surface area contributed by atoms with Crippen molar-refractivity contribution in [3.63, 3.8) is 0 Å². The quantitative estimate of drug-likeness (QED) is 0.705. The van der Waals surface area contributed by atoms with Crippen molar-refractivity contribution >= 4 is 17.6 Å². The number of nitrogens with zero attached hydrogens (tertiary/aromatic N) is 4. The zero-order valence-electron chi connectivity index (χ0n) is 13.5. The Morgan fingerprint density at radius 3 is 3.17 bits per heavy atom. The number of pyridine rings is 1. The lowest BCUT2D eigenvalue weighted by Crippen LogP contribution is -2.24. The molecule has 0 radical (unpaired) electrons. The first-order valence-electron chi connectivity index (χ1n) is 7.85. The number of aliphatic imine (C=N–C) groups is 2. The van der Waals surface area contributed by atoms with Gasteiger partial charge in [-0.1, -0.05) is 0 Å². The molecule has 0 aromatic carbocycles. The summed E-state index contributed by atoms with van der Waals surface area (Å²) in [6.45, 7) is 2.64. The van der Waals surface area contributed by atoms with Crippen LogP contribution in [0, 0.1) is 5.92 Å². The molecule has 0 amide bonds. The fourth-order valence-corrected chi connectivity index (χ4v) is 2.69.